The minimum absolute atomic E-state index is 0.0130. The van der Waals surface area contributed by atoms with Gasteiger partial charge in [-0.15, -0.1) is 0 Å². The molecule has 1 atom stereocenters. The SMILES string of the molecule is C/C=C/C(=O)NCCCCCc1nc2ccccc2n1C(C)c1ccccc1. The number of carbonyl (C=O) groups excluding carboxylic acids is 1. The second-order valence-corrected chi connectivity index (χ2v) is 7.08. The molecule has 1 amide bonds. The molecule has 1 aromatic heterocycles. The van der Waals surface area contributed by atoms with E-state index in [2.05, 4.69) is 65.3 Å². The molecule has 3 rings (SSSR count). The molecule has 3 aromatic rings. The van der Waals surface area contributed by atoms with Crippen molar-refractivity contribution < 1.29 is 4.79 Å². The van der Waals surface area contributed by atoms with Crippen LogP contribution in [0.3, 0.4) is 0 Å². The van der Waals surface area contributed by atoms with Gasteiger partial charge in [0.25, 0.3) is 0 Å². The Hall–Kier alpha value is -2.88. The average molecular weight is 376 g/mol. The summed E-state index contributed by atoms with van der Waals surface area (Å²) in [5.74, 6) is 1.12. The van der Waals surface area contributed by atoms with E-state index in [0.717, 1.165) is 43.6 Å². The predicted octanol–water partition coefficient (Wildman–Crippen LogP) is 5.05. The number of carbonyl (C=O) groups is 1. The number of unbranched alkanes of at least 4 members (excludes halogenated alkanes) is 2. The third kappa shape index (κ3) is 4.89. The van der Waals surface area contributed by atoms with Gasteiger partial charge < -0.3 is 9.88 Å². The first-order valence-electron chi connectivity index (χ1n) is 10.1. The predicted molar refractivity (Wildman–Crippen MR) is 115 cm³/mol. The minimum Gasteiger partial charge on any atom is -0.353 e. The summed E-state index contributed by atoms with van der Waals surface area (Å²) >= 11 is 0. The van der Waals surface area contributed by atoms with Gasteiger partial charge in [0.2, 0.25) is 5.91 Å². The summed E-state index contributed by atoms with van der Waals surface area (Å²) < 4.78 is 2.37. The van der Waals surface area contributed by atoms with E-state index in [1.165, 1.54) is 11.1 Å². The van der Waals surface area contributed by atoms with Crippen LogP contribution in [-0.2, 0) is 11.2 Å². The summed E-state index contributed by atoms with van der Waals surface area (Å²) in [6.45, 7) is 4.81. The van der Waals surface area contributed by atoms with Gasteiger partial charge in [-0.2, -0.15) is 0 Å². The summed E-state index contributed by atoms with van der Waals surface area (Å²) in [6, 6.07) is 19.2. The molecule has 0 saturated heterocycles. The van der Waals surface area contributed by atoms with Gasteiger partial charge in [0.05, 0.1) is 17.1 Å². The number of para-hydroxylation sites is 2. The number of hydrogen-bond acceptors (Lipinski definition) is 2. The summed E-state index contributed by atoms with van der Waals surface area (Å²) in [4.78, 5) is 16.4. The standard InChI is InChI=1S/C24H29N3O/c1-3-12-24(28)25-18-11-5-8-17-23-26-21-15-9-10-16-22(21)27(23)19(2)20-13-6-4-7-14-20/h3-4,6-7,9-10,12-16,19H,5,8,11,17-18H2,1-2H3,(H,25,28)/b12-3+. The molecule has 2 aromatic carbocycles. The molecule has 0 aliphatic carbocycles. The lowest BCUT2D eigenvalue weighted by molar-refractivity contribution is -0.116. The van der Waals surface area contributed by atoms with Crippen molar-refractivity contribution in [1.82, 2.24) is 14.9 Å². The lowest BCUT2D eigenvalue weighted by atomic mass is 10.1. The van der Waals surface area contributed by atoms with Gasteiger partial charge in [-0.05, 0) is 50.5 Å². The maximum Gasteiger partial charge on any atom is 0.243 e. The third-order valence-corrected chi connectivity index (χ3v) is 5.03. The highest BCUT2D eigenvalue weighted by Crippen LogP contribution is 2.26. The van der Waals surface area contributed by atoms with Gasteiger partial charge in [0.1, 0.15) is 5.82 Å². The van der Waals surface area contributed by atoms with Gasteiger partial charge >= 0.3 is 0 Å². The Morgan fingerprint density at radius 3 is 2.61 bits per heavy atom. The Labute approximate surface area is 167 Å². The minimum atomic E-state index is -0.0130. The summed E-state index contributed by atoms with van der Waals surface area (Å²) in [6.07, 6.45) is 7.37. The first kappa shape index (κ1) is 19.9. The van der Waals surface area contributed by atoms with E-state index in [1.54, 1.807) is 12.2 Å². The van der Waals surface area contributed by atoms with Crippen LogP contribution in [0.4, 0.5) is 0 Å². The molecule has 28 heavy (non-hydrogen) atoms. The normalized spacial score (nSPS) is 12.5. The number of nitrogens with one attached hydrogen (secondary N) is 1. The lowest BCUT2D eigenvalue weighted by Crippen LogP contribution is -2.22. The number of aromatic nitrogens is 2. The number of aryl methyl sites for hydroxylation is 1. The molecular formula is C24H29N3O. The van der Waals surface area contributed by atoms with E-state index in [1.807, 2.05) is 13.0 Å². The zero-order valence-electron chi connectivity index (χ0n) is 16.8. The molecule has 0 spiro atoms. The van der Waals surface area contributed by atoms with Gasteiger partial charge in [-0.1, -0.05) is 55.0 Å². The maximum atomic E-state index is 11.4. The molecule has 146 valence electrons. The van der Waals surface area contributed by atoms with Crippen LogP contribution in [0.1, 0.15) is 50.5 Å². The van der Waals surface area contributed by atoms with Crippen molar-refractivity contribution in [1.29, 1.82) is 0 Å². The fourth-order valence-electron chi connectivity index (χ4n) is 3.59. The number of rotatable bonds is 9. The monoisotopic (exact) mass is 375 g/mol. The molecule has 4 heteroatoms. The lowest BCUT2D eigenvalue weighted by Gasteiger charge is -2.18. The fourth-order valence-corrected chi connectivity index (χ4v) is 3.59. The summed E-state index contributed by atoms with van der Waals surface area (Å²) in [7, 11) is 0. The van der Waals surface area contributed by atoms with E-state index in [9.17, 15) is 4.79 Å². The number of imidazole rings is 1. The van der Waals surface area contributed by atoms with Crippen molar-refractivity contribution in [2.75, 3.05) is 6.54 Å². The number of benzene rings is 2. The third-order valence-electron chi connectivity index (χ3n) is 5.03. The molecular weight excluding hydrogens is 346 g/mol. The van der Waals surface area contributed by atoms with Crippen LogP contribution < -0.4 is 5.32 Å². The zero-order valence-corrected chi connectivity index (χ0v) is 16.8. The van der Waals surface area contributed by atoms with Gasteiger partial charge in [0, 0.05) is 13.0 Å². The average Bonchev–Trinajstić information content (AvgIpc) is 3.09. The molecule has 0 aliphatic rings. The fraction of sp³-hybridized carbons (Fsp3) is 0.333. The van der Waals surface area contributed by atoms with E-state index >= 15 is 0 Å². The maximum absolute atomic E-state index is 11.4. The first-order valence-corrected chi connectivity index (χ1v) is 10.1. The van der Waals surface area contributed by atoms with Gasteiger partial charge in [-0.25, -0.2) is 4.98 Å². The van der Waals surface area contributed by atoms with Gasteiger partial charge in [0.15, 0.2) is 0 Å². The Balaban J connectivity index is 1.67. The molecule has 0 aliphatic heterocycles. The number of amides is 1. The Kier molecular flexibility index (Phi) is 7.01. The van der Waals surface area contributed by atoms with Crippen LogP contribution in [0.25, 0.3) is 11.0 Å². The van der Waals surface area contributed by atoms with Crippen molar-refractivity contribution in [2.45, 2.75) is 45.6 Å². The van der Waals surface area contributed by atoms with Crippen molar-refractivity contribution in [3.8, 4) is 0 Å². The topological polar surface area (TPSA) is 46.9 Å². The van der Waals surface area contributed by atoms with E-state index < -0.39 is 0 Å². The van der Waals surface area contributed by atoms with Crippen LogP contribution in [0, 0.1) is 0 Å². The van der Waals surface area contributed by atoms with Crippen molar-refractivity contribution >= 4 is 16.9 Å². The van der Waals surface area contributed by atoms with E-state index in [0.29, 0.717) is 0 Å². The summed E-state index contributed by atoms with van der Waals surface area (Å²) in [5.41, 5.74) is 3.53. The highest BCUT2D eigenvalue weighted by molar-refractivity contribution is 5.87. The number of hydrogen-bond donors (Lipinski definition) is 1. The quantitative estimate of drug-likeness (QED) is 0.420. The van der Waals surface area contributed by atoms with Gasteiger partial charge in [-0.3, -0.25) is 4.79 Å². The first-order chi connectivity index (χ1) is 13.7. The second kappa shape index (κ2) is 9.88. The van der Waals surface area contributed by atoms with Crippen LogP contribution in [0.5, 0.6) is 0 Å². The van der Waals surface area contributed by atoms with E-state index in [-0.39, 0.29) is 11.9 Å². The number of fused-ring (bicyclic) bond motifs is 1. The zero-order chi connectivity index (χ0) is 19.8. The number of nitrogens with zero attached hydrogens (tertiary/aromatic N) is 2. The van der Waals surface area contributed by atoms with Crippen LogP contribution in [-0.4, -0.2) is 22.0 Å². The Bertz CT molecular complexity index is 927. The van der Waals surface area contributed by atoms with Crippen molar-refractivity contribution in [3.63, 3.8) is 0 Å². The Morgan fingerprint density at radius 2 is 1.82 bits per heavy atom. The van der Waals surface area contributed by atoms with Crippen LogP contribution in [0.15, 0.2) is 66.7 Å². The summed E-state index contributed by atoms with van der Waals surface area (Å²) in [5, 5.41) is 2.91. The molecule has 1 heterocycles. The highest BCUT2D eigenvalue weighted by atomic mass is 16.1. The molecule has 0 bridgehead atoms. The molecule has 1 unspecified atom stereocenters. The van der Waals surface area contributed by atoms with Crippen molar-refractivity contribution in [3.05, 3.63) is 78.1 Å². The largest absolute Gasteiger partial charge is 0.353 e. The van der Waals surface area contributed by atoms with Crippen LogP contribution in [0.2, 0.25) is 0 Å². The Morgan fingerprint density at radius 1 is 1.07 bits per heavy atom. The van der Waals surface area contributed by atoms with E-state index in [4.69, 9.17) is 4.98 Å². The molecule has 0 fully saturated rings. The molecule has 4 nitrogen and oxygen atoms in total. The molecule has 0 radical (unpaired) electrons. The highest BCUT2D eigenvalue weighted by Gasteiger charge is 2.16. The smallest absolute Gasteiger partial charge is 0.243 e. The van der Waals surface area contributed by atoms with Crippen LogP contribution >= 0.6 is 0 Å². The van der Waals surface area contributed by atoms with Crippen molar-refractivity contribution in [2.24, 2.45) is 0 Å². The molecule has 0 saturated carbocycles. The molecule has 1 N–H and O–H groups in total. The number of allylic oxidation sites excluding steroid dienone is 1. The second-order valence-electron chi connectivity index (χ2n) is 7.08.